The molecular weight excluding hydrogens is 260 g/mol. The Morgan fingerprint density at radius 2 is 1.55 bits per heavy atom. The Morgan fingerprint density at radius 3 is 2.00 bits per heavy atom. The lowest BCUT2D eigenvalue weighted by Gasteiger charge is -2.22. The summed E-state index contributed by atoms with van der Waals surface area (Å²) in [7, 11) is -1.49. The number of rotatable bonds is 5. The van der Waals surface area contributed by atoms with E-state index in [9.17, 15) is 4.79 Å². The molecule has 0 amide bonds. The largest absolute Gasteiger partial charge is 0.292 e. The van der Waals surface area contributed by atoms with Gasteiger partial charge in [-0.1, -0.05) is 57.0 Å². The summed E-state index contributed by atoms with van der Waals surface area (Å²) in [6.07, 6.45) is 0. The fraction of sp³-hybridized carbons (Fsp3) is 0.500. The average molecular weight is 286 g/mol. The van der Waals surface area contributed by atoms with Crippen LogP contribution in [0.2, 0.25) is 18.1 Å². The number of hydrogen-bond acceptors (Lipinski definition) is 1. The third kappa shape index (κ3) is 3.83. The lowest BCUT2D eigenvalue weighted by Crippen LogP contribution is -2.31. The van der Waals surface area contributed by atoms with Crippen LogP contribution in [-0.2, 0) is 0 Å². The number of ketones is 1. The van der Waals surface area contributed by atoms with E-state index in [1.54, 1.807) is 0 Å². The van der Waals surface area contributed by atoms with Crippen molar-refractivity contribution in [3.8, 4) is 11.5 Å². The first kappa shape index (κ1) is 16.7. The quantitative estimate of drug-likeness (QED) is 0.425. The number of hydrogen-bond donors (Lipinski definition) is 0. The number of carbonyl (C=O) groups is 1. The van der Waals surface area contributed by atoms with Crippen molar-refractivity contribution < 1.29 is 4.79 Å². The second-order valence-electron chi connectivity index (χ2n) is 5.91. The Balaban J connectivity index is 3.04. The van der Waals surface area contributed by atoms with E-state index in [0.717, 1.165) is 5.56 Å². The SMILES string of the molecule is CC[Si](C#CC(C)(C)C(=O)c1ccccc1)(CC)CC. The van der Waals surface area contributed by atoms with Crippen molar-refractivity contribution in [1.82, 2.24) is 0 Å². The van der Waals surface area contributed by atoms with Crippen LogP contribution >= 0.6 is 0 Å². The summed E-state index contributed by atoms with van der Waals surface area (Å²) >= 11 is 0. The van der Waals surface area contributed by atoms with Crippen molar-refractivity contribution in [3.63, 3.8) is 0 Å². The van der Waals surface area contributed by atoms with Crippen molar-refractivity contribution in [3.05, 3.63) is 35.9 Å². The highest BCUT2D eigenvalue weighted by Crippen LogP contribution is 2.24. The van der Waals surface area contributed by atoms with Gasteiger partial charge in [-0.05, 0) is 32.0 Å². The van der Waals surface area contributed by atoms with Gasteiger partial charge in [-0.3, -0.25) is 4.79 Å². The molecular formula is C18H26OSi. The molecule has 0 radical (unpaired) electrons. The van der Waals surface area contributed by atoms with Crippen LogP contribution < -0.4 is 0 Å². The smallest absolute Gasteiger partial charge is 0.180 e. The molecule has 0 N–H and O–H groups in total. The molecule has 0 fully saturated rings. The zero-order chi connectivity index (χ0) is 15.2. The Morgan fingerprint density at radius 1 is 1.05 bits per heavy atom. The first-order valence-corrected chi connectivity index (χ1v) is 10.2. The molecule has 0 atom stereocenters. The zero-order valence-electron chi connectivity index (χ0n) is 13.4. The van der Waals surface area contributed by atoms with E-state index in [-0.39, 0.29) is 5.78 Å². The molecule has 0 aliphatic heterocycles. The summed E-state index contributed by atoms with van der Waals surface area (Å²) in [6, 6.07) is 13.0. The predicted molar refractivity (Wildman–Crippen MR) is 89.5 cm³/mol. The fourth-order valence-corrected chi connectivity index (χ4v) is 4.92. The van der Waals surface area contributed by atoms with Gasteiger partial charge in [-0.15, -0.1) is 5.54 Å². The van der Waals surface area contributed by atoms with Crippen molar-refractivity contribution in [2.24, 2.45) is 5.41 Å². The highest BCUT2D eigenvalue weighted by Gasteiger charge is 2.29. The summed E-state index contributed by atoms with van der Waals surface area (Å²) < 4.78 is 0. The second kappa shape index (κ2) is 6.90. The molecule has 0 heterocycles. The highest BCUT2D eigenvalue weighted by molar-refractivity contribution is 6.87. The molecule has 0 spiro atoms. The predicted octanol–water partition coefficient (Wildman–Crippen LogP) is 4.95. The van der Waals surface area contributed by atoms with Gasteiger partial charge >= 0.3 is 0 Å². The van der Waals surface area contributed by atoms with Crippen LogP contribution in [0.5, 0.6) is 0 Å². The summed E-state index contributed by atoms with van der Waals surface area (Å²) in [5.74, 6) is 3.44. The van der Waals surface area contributed by atoms with Crippen molar-refractivity contribution in [1.29, 1.82) is 0 Å². The molecule has 108 valence electrons. The topological polar surface area (TPSA) is 17.1 Å². The number of benzene rings is 1. The maximum atomic E-state index is 12.6. The molecule has 1 aromatic rings. The normalized spacial score (nSPS) is 11.7. The van der Waals surface area contributed by atoms with Gasteiger partial charge in [0, 0.05) is 5.56 Å². The molecule has 20 heavy (non-hydrogen) atoms. The van der Waals surface area contributed by atoms with Gasteiger partial charge < -0.3 is 0 Å². The zero-order valence-corrected chi connectivity index (χ0v) is 14.4. The van der Waals surface area contributed by atoms with Crippen molar-refractivity contribution in [2.75, 3.05) is 0 Å². The molecule has 0 saturated heterocycles. The first-order valence-electron chi connectivity index (χ1n) is 7.55. The van der Waals surface area contributed by atoms with E-state index in [0.29, 0.717) is 0 Å². The molecule has 0 aliphatic rings. The maximum Gasteiger partial charge on any atom is 0.180 e. The van der Waals surface area contributed by atoms with E-state index >= 15 is 0 Å². The van der Waals surface area contributed by atoms with Crippen LogP contribution in [0, 0.1) is 16.9 Å². The summed E-state index contributed by atoms with van der Waals surface area (Å²) in [5.41, 5.74) is 3.70. The Hall–Kier alpha value is -1.33. The average Bonchev–Trinajstić information content (AvgIpc) is 2.49. The van der Waals surface area contributed by atoms with Crippen LogP contribution in [0.1, 0.15) is 45.0 Å². The van der Waals surface area contributed by atoms with Gasteiger partial charge in [-0.25, -0.2) is 0 Å². The molecule has 0 aromatic heterocycles. The van der Waals surface area contributed by atoms with Crippen molar-refractivity contribution in [2.45, 2.75) is 52.8 Å². The highest BCUT2D eigenvalue weighted by atomic mass is 28.3. The van der Waals surface area contributed by atoms with Crippen molar-refractivity contribution >= 4 is 13.9 Å². The molecule has 1 nitrogen and oxygen atoms in total. The minimum atomic E-state index is -1.49. The number of Topliss-reactive ketones (excluding diaryl/α,β-unsaturated/α-hetero) is 1. The van der Waals surface area contributed by atoms with Crippen LogP contribution in [0.3, 0.4) is 0 Å². The Kier molecular flexibility index (Phi) is 5.77. The molecule has 1 aromatic carbocycles. The monoisotopic (exact) mass is 286 g/mol. The van der Waals surface area contributed by atoms with Gasteiger partial charge in [0.05, 0.1) is 5.41 Å². The Labute approximate surface area is 124 Å². The molecule has 0 unspecified atom stereocenters. The van der Waals surface area contributed by atoms with E-state index in [2.05, 4.69) is 32.2 Å². The molecule has 2 heteroatoms. The molecule has 0 saturated carbocycles. The first-order chi connectivity index (χ1) is 9.40. The Bertz CT molecular complexity index is 493. The summed E-state index contributed by atoms with van der Waals surface area (Å²) in [4.78, 5) is 12.6. The van der Waals surface area contributed by atoms with E-state index in [1.165, 1.54) is 18.1 Å². The standard InChI is InChI=1S/C18H26OSi/c1-6-20(7-2,8-3)15-14-18(4,5)17(19)16-12-10-9-11-13-16/h9-13H,6-8H2,1-5H3. The van der Waals surface area contributed by atoms with Crippen LogP contribution in [0.25, 0.3) is 0 Å². The van der Waals surface area contributed by atoms with Crippen LogP contribution in [0.15, 0.2) is 30.3 Å². The minimum Gasteiger partial charge on any atom is -0.292 e. The van der Waals surface area contributed by atoms with Gasteiger partial charge in [0.1, 0.15) is 8.07 Å². The van der Waals surface area contributed by atoms with Gasteiger partial charge in [-0.2, -0.15) is 0 Å². The van der Waals surface area contributed by atoms with Gasteiger partial charge in [0.2, 0.25) is 0 Å². The molecule has 0 bridgehead atoms. The molecule has 0 aliphatic carbocycles. The van der Waals surface area contributed by atoms with E-state index in [4.69, 9.17) is 0 Å². The fourth-order valence-electron chi connectivity index (χ4n) is 2.31. The van der Waals surface area contributed by atoms with Gasteiger partial charge in [0.15, 0.2) is 5.78 Å². The summed E-state index contributed by atoms with van der Waals surface area (Å²) in [5, 5.41) is 0. The summed E-state index contributed by atoms with van der Waals surface area (Å²) in [6.45, 7) is 10.6. The lowest BCUT2D eigenvalue weighted by molar-refractivity contribution is 0.0893. The van der Waals surface area contributed by atoms with E-state index < -0.39 is 13.5 Å². The third-order valence-electron chi connectivity index (χ3n) is 4.27. The van der Waals surface area contributed by atoms with Gasteiger partial charge in [0.25, 0.3) is 0 Å². The minimum absolute atomic E-state index is 0.122. The van der Waals surface area contributed by atoms with E-state index in [1.807, 2.05) is 44.2 Å². The lowest BCUT2D eigenvalue weighted by atomic mass is 9.85. The third-order valence-corrected chi connectivity index (χ3v) is 8.99. The second-order valence-corrected chi connectivity index (χ2v) is 10.8. The number of carbonyl (C=O) groups excluding carboxylic acids is 1. The van der Waals surface area contributed by atoms with Crippen LogP contribution in [-0.4, -0.2) is 13.9 Å². The van der Waals surface area contributed by atoms with Crippen LogP contribution in [0.4, 0.5) is 0 Å². The molecule has 1 rings (SSSR count). The maximum absolute atomic E-state index is 12.6.